The summed E-state index contributed by atoms with van der Waals surface area (Å²) >= 11 is 0. The number of anilines is 1. The van der Waals surface area contributed by atoms with Gasteiger partial charge in [-0.25, -0.2) is 0 Å². The van der Waals surface area contributed by atoms with Crippen molar-refractivity contribution in [2.45, 2.75) is 32.7 Å². The van der Waals surface area contributed by atoms with Crippen molar-refractivity contribution in [3.8, 4) is 0 Å². The Balaban J connectivity index is 1.47. The third kappa shape index (κ3) is 4.56. The Labute approximate surface area is 175 Å². The average molecular weight is 408 g/mol. The fraction of sp³-hybridized carbons (Fsp3) is 0.304. The van der Waals surface area contributed by atoms with E-state index in [2.05, 4.69) is 0 Å². The molecule has 0 bridgehead atoms. The number of hydrogen-bond acceptors (Lipinski definition) is 5. The molecule has 0 radical (unpaired) electrons. The lowest BCUT2D eigenvalue weighted by Crippen LogP contribution is -2.40. The maximum absolute atomic E-state index is 12.5. The normalized spacial score (nSPS) is 12.8. The molecular formula is C23H24N2O5. The maximum atomic E-state index is 12.5. The van der Waals surface area contributed by atoms with Gasteiger partial charge in [-0.05, 0) is 44.5 Å². The van der Waals surface area contributed by atoms with Crippen molar-refractivity contribution < 1.29 is 23.9 Å². The average Bonchev–Trinajstić information content (AvgIpc) is 2.98. The van der Waals surface area contributed by atoms with Gasteiger partial charge in [-0.3, -0.25) is 24.1 Å². The van der Waals surface area contributed by atoms with Crippen LogP contribution in [0.15, 0.2) is 54.6 Å². The van der Waals surface area contributed by atoms with Gasteiger partial charge in [0.25, 0.3) is 17.7 Å². The number of carbonyl (C=O) groups excluding carboxylic acids is 4. The summed E-state index contributed by atoms with van der Waals surface area (Å²) in [6.45, 7) is 3.53. The number of ether oxygens (including phenoxy) is 1. The fourth-order valence-corrected chi connectivity index (χ4v) is 3.43. The van der Waals surface area contributed by atoms with Gasteiger partial charge >= 0.3 is 5.97 Å². The molecule has 1 aliphatic heterocycles. The monoisotopic (exact) mass is 408 g/mol. The van der Waals surface area contributed by atoms with Crippen molar-refractivity contribution in [3.63, 3.8) is 0 Å². The molecule has 3 rings (SSSR count). The summed E-state index contributed by atoms with van der Waals surface area (Å²) in [4.78, 5) is 51.9. The van der Waals surface area contributed by atoms with Gasteiger partial charge in [0.2, 0.25) is 0 Å². The number of hydrogen-bond donors (Lipinski definition) is 0. The second-order valence-corrected chi connectivity index (χ2v) is 7.26. The zero-order valence-corrected chi connectivity index (χ0v) is 17.0. The zero-order chi connectivity index (χ0) is 21.7. The molecule has 0 N–H and O–H groups in total. The minimum Gasteiger partial charge on any atom is -0.456 e. The maximum Gasteiger partial charge on any atom is 0.306 e. The van der Waals surface area contributed by atoms with E-state index >= 15 is 0 Å². The van der Waals surface area contributed by atoms with Gasteiger partial charge in [0, 0.05) is 24.7 Å². The largest absolute Gasteiger partial charge is 0.456 e. The lowest BCUT2D eigenvalue weighted by Gasteiger charge is -2.26. The molecule has 2 aromatic carbocycles. The highest BCUT2D eigenvalue weighted by atomic mass is 16.5. The highest BCUT2D eigenvalue weighted by Gasteiger charge is 2.34. The molecule has 7 nitrogen and oxygen atoms in total. The summed E-state index contributed by atoms with van der Waals surface area (Å²) in [7, 11) is 0. The molecule has 30 heavy (non-hydrogen) atoms. The Hall–Kier alpha value is -3.48. The molecule has 1 heterocycles. The van der Waals surface area contributed by atoms with Crippen molar-refractivity contribution in [3.05, 3.63) is 65.7 Å². The summed E-state index contributed by atoms with van der Waals surface area (Å²) in [5.41, 5.74) is 1.50. The smallest absolute Gasteiger partial charge is 0.306 e. The Morgan fingerprint density at radius 1 is 0.933 bits per heavy atom. The van der Waals surface area contributed by atoms with Gasteiger partial charge in [-0.2, -0.15) is 0 Å². The van der Waals surface area contributed by atoms with Gasteiger partial charge in [-0.15, -0.1) is 0 Å². The summed E-state index contributed by atoms with van der Waals surface area (Å²) in [5, 5.41) is 0. The highest BCUT2D eigenvalue weighted by molar-refractivity contribution is 6.21. The zero-order valence-electron chi connectivity index (χ0n) is 17.0. The minimum atomic E-state index is -0.545. The first-order chi connectivity index (χ1) is 14.4. The third-order valence-corrected chi connectivity index (χ3v) is 4.82. The van der Waals surface area contributed by atoms with Crippen LogP contribution in [0.25, 0.3) is 0 Å². The summed E-state index contributed by atoms with van der Waals surface area (Å²) in [5.74, 6) is -1.56. The first-order valence-electron chi connectivity index (χ1n) is 9.88. The van der Waals surface area contributed by atoms with Crippen molar-refractivity contribution in [1.29, 1.82) is 0 Å². The summed E-state index contributed by atoms with van der Waals surface area (Å²) in [6, 6.07) is 15.7. The first kappa shape index (κ1) is 21.2. The molecule has 3 amide bonds. The van der Waals surface area contributed by atoms with Crippen LogP contribution in [-0.2, 0) is 14.3 Å². The Morgan fingerprint density at radius 3 is 2.07 bits per heavy atom. The van der Waals surface area contributed by atoms with Gasteiger partial charge < -0.3 is 9.64 Å². The quantitative estimate of drug-likeness (QED) is 0.495. The molecular weight excluding hydrogens is 384 g/mol. The second kappa shape index (κ2) is 9.35. The van der Waals surface area contributed by atoms with E-state index in [0.29, 0.717) is 11.1 Å². The Morgan fingerprint density at radius 2 is 1.50 bits per heavy atom. The van der Waals surface area contributed by atoms with E-state index in [0.717, 1.165) is 10.6 Å². The number of rotatable bonds is 8. The number of fused-ring (bicyclic) bond motifs is 1. The number of para-hydroxylation sites is 1. The van der Waals surface area contributed by atoms with Crippen molar-refractivity contribution in [2.24, 2.45) is 0 Å². The molecule has 0 saturated carbocycles. The predicted molar refractivity (Wildman–Crippen MR) is 111 cm³/mol. The van der Waals surface area contributed by atoms with E-state index < -0.39 is 5.97 Å². The van der Waals surface area contributed by atoms with Crippen molar-refractivity contribution >= 4 is 29.4 Å². The molecule has 7 heteroatoms. The van der Waals surface area contributed by atoms with E-state index in [-0.39, 0.29) is 49.8 Å². The predicted octanol–water partition coefficient (Wildman–Crippen LogP) is 3.05. The Bertz CT molecular complexity index is 920. The van der Waals surface area contributed by atoms with Crippen LogP contribution in [0.4, 0.5) is 5.69 Å². The molecule has 0 saturated heterocycles. The molecule has 0 unspecified atom stereocenters. The van der Waals surface area contributed by atoms with E-state index in [4.69, 9.17) is 4.74 Å². The van der Waals surface area contributed by atoms with Gasteiger partial charge in [0.1, 0.15) is 0 Å². The van der Waals surface area contributed by atoms with Gasteiger partial charge in [0.05, 0.1) is 11.1 Å². The lowest BCUT2D eigenvalue weighted by molar-refractivity contribution is -0.148. The third-order valence-electron chi connectivity index (χ3n) is 4.82. The summed E-state index contributed by atoms with van der Waals surface area (Å²) in [6.07, 6.45) is 0.277. The lowest BCUT2D eigenvalue weighted by atomic mass is 10.1. The molecule has 0 spiro atoms. The van der Waals surface area contributed by atoms with Crippen molar-refractivity contribution in [2.75, 3.05) is 18.1 Å². The van der Waals surface area contributed by atoms with Crippen molar-refractivity contribution in [1.82, 2.24) is 4.90 Å². The van der Waals surface area contributed by atoms with E-state index in [9.17, 15) is 19.2 Å². The van der Waals surface area contributed by atoms with E-state index in [1.807, 2.05) is 44.2 Å². The number of carbonyl (C=O) groups is 4. The number of imide groups is 1. The second-order valence-electron chi connectivity index (χ2n) is 7.26. The molecule has 0 aliphatic carbocycles. The molecule has 156 valence electrons. The first-order valence-corrected chi connectivity index (χ1v) is 9.88. The van der Waals surface area contributed by atoms with Crippen LogP contribution in [-0.4, -0.2) is 47.8 Å². The van der Waals surface area contributed by atoms with Crippen LogP contribution in [0.5, 0.6) is 0 Å². The molecule has 0 aromatic heterocycles. The molecule has 0 atom stereocenters. The van der Waals surface area contributed by atoms with Crippen LogP contribution < -0.4 is 4.90 Å². The highest BCUT2D eigenvalue weighted by Crippen LogP contribution is 2.22. The standard InChI is InChI=1S/C23H24N2O5/c1-16(2)25(17-9-4-3-5-10-17)20(26)15-30-21(27)13-8-14-24-22(28)18-11-6-7-12-19(18)23(24)29/h3-7,9-12,16H,8,13-15H2,1-2H3. The topological polar surface area (TPSA) is 84.0 Å². The van der Waals surface area contributed by atoms with Gasteiger partial charge in [0.15, 0.2) is 6.61 Å². The van der Waals surface area contributed by atoms with E-state index in [1.165, 1.54) is 0 Å². The van der Waals surface area contributed by atoms with Crippen LogP contribution >= 0.6 is 0 Å². The Kier molecular flexibility index (Phi) is 6.61. The van der Waals surface area contributed by atoms with Crippen LogP contribution in [0, 0.1) is 0 Å². The van der Waals surface area contributed by atoms with E-state index in [1.54, 1.807) is 29.2 Å². The molecule has 0 fully saturated rings. The SMILES string of the molecule is CC(C)N(C(=O)COC(=O)CCCN1C(=O)c2ccccc2C1=O)c1ccccc1. The number of amides is 3. The van der Waals surface area contributed by atoms with Crippen LogP contribution in [0.1, 0.15) is 47.4 Å². The fourth-order valence-electron chi connectivity index (χ4n) is 3.43. The van der Waals surface area contributed by atoms with Crippen LogP contribution in [0.2, 0.25) is 0 Å². The minimum absolute atomic E-state index is 0.00764. The number of esters is 1. The van der Waals surface area contributed by atoms with Gasteiger partial charge in [-0.1, -0.05) is 30.3 Å². The molecule has 1 aliphatic rings. The summed E-state index contributed by atoms with van der Waals surface area (Å²) < 4.78 is 5.12. The number of nitrogens with zero attached hydrogens (tertiary/aromatic N) is 2. The molecule has 2 aromatic rings. The number of benzene rings is 2. The van der Waals surface area contributed by atoms with Crippen LogP contribution in [0.3, 0.4) is 0 Å².